The van der Waals surface area contributed by atoms with Gasteiger partial charge in [-0.05, 0) is 34.2 Å². The molecule has 0 radical (unpaired) electrons. The van der Waals surface area contributed by atoms with Crippen LogP contribution in [0.4, 0.5) is 0 Å². The molecule has 1 N–H and O–H groups in total. The third kappa shape index (κ3) is 4.67. The minimum Gasteiger partial charge on any atom is -0.380 e. The summed E-state index contributed by atoms with van der Waals surface area (Å²) in [6.07, 6.45) is 0. The summed E-state index contributed by atoms with van der Waals surface area (Å²) in [5, 5.41) is 2.98. The Labute approximate surface area is 138 Å². The summed E-state index contributed by atoms with van der Waals surface area (Å²) in [5.41, 5.74) is 4.17. The number of benzene rings is 2. The van der Waals surface area contributed by atoms with Gasteiger partial charge < -0.3 is 10.1 Å². The van der Waals surface area contributed by atoms with Crippen LogP contribution >= 0.6 is 0 Å². The smallest absolute Gasteiger partial charge is 0.251 e. The molecule has 0 aliphatic rings. The fraction of sp³-hybridized carbons (Fsp3) is 0.350. The Morgan fingerprint density at radius 2 is 1.61 bits per heavy atom. The molecule has 2 aromatic carbocycles. The first-order valence-corrected chi connectivity index (χ1v) is 7.86. The summed E-state index contributed by atoms with van der Waals surface area (Å²) in [4.78, 5) is 12.3. The van der Waals surface area contributed by atoms with Crippen molar-refractivity contribution in [3.63, 3.8) is 0 Å². The molecular weight excluding hydrogens is 286 g/mol. The largest absolute Gasteiger partial charge is 0.380 e. The lowest BCUT2D eigenvalue weighted by Crippen LogP contribution is -2.23. The number of nitrogens with one attached hydrogen (secondary N) is 1. The number of hydrogen-bond acceptors (Lipinski definition) is 2. The molecule has 0 spiro atoms. The molecule has 0 fully saturated rings. The molecule has 0 aromatic heterocycles. The first kappa shape index (κ1) is 17.2. The highest BCUT2D eigenvalue weighted by Crippen LogP contribution is 2.22. The lowest BCUT2D eigenvalue weighted by Gasteiger charge is -2.19. The monoisotopic (exact) mass is 311 g/mol. The third-order valence-corrected chi connectivity index (χ3v) is 3.87. The zero-order valence-corrected chi connectivity index (χ0v) is 14.3. The predicted molar refractivity (Wildman–Crippen MR) is 93.5 cm³/mol. The van der Waals surface area contributed by atoms with Gasteiger partial charge in [0.25, 0.3) is 5.91 Å². The average molecular weight is 311 g/mol. The molecular formula is C20H25NO2. The highest BCUT2D eigenvalue weighted by Gasteiger charge is 2.14. The second-order valence-corrected chi connectivity index (χ2v) is 6.71. The summed E-state index contributed by atoms with van der Waals surface area (Å²) in [6, 6.07) is 15.8. The van der Waals surface area contributed by atoms with E-state index in [1.807, 2.05) is 48.5 Å². The van der Waals surface area contributed by atoms with E-state index in [2.05, 4.69) is 26.1 Å². The zero-order valence-electron chi connectivity index (χ0n) is 14.3. The minimum absolute atomic E-state index is 0.0577. The van der Waals surface area contributed by atoms with Gasteiger partial charge in [-0.2, -0.15) is 0 Å². The van der Waals surface area contributed by atoms with E-state index in [1.165, 1.54) is 5.56 Å². The van der Waals surface area contributed by atoms with Gasteiger partial charge in [-0.25, -0.2) is 0 Å². The molecule has 0 aliphatic carbocycles. The fourth-order valence-corrected chi connectivity index (χ4v) is 2.43. The first-order valence-electron chi connectivity index (χ1n) is 7.86. The van der Waals surface area contributed by atoms with Crippen molar-refractivity contribution < 1.29 is 9.53 Å². The van der Waals surface area contributed by atoms with E-state index in [0.717, 1.165) is 11.1 Å². The molecule has 3 heteroatoms. The van der Waals surface area contributed by atoms with Crippen molar-refractivity contribution in [2.45, 2.75) is 39.3 Å². The van der Waals surface area contributed by atoms with E-state index in [1.54, 1.807) is 7.11 Å². The Balaban J connectivity index is 2.03. The molecule has 0 saturated heterocycles. The van der Waals surface area contributed by atoms with Crippen LogP contribution in [0.2, 0.25) is 0 Å². The first-order chi connectivity index (χ1) is 10.9. The van der Waals surface area contributed by atoms with Crippen molar-refractivity contribution >= 4 is 5.91 Å². The Hall–Kier alpha value is -2.13. The normalized spacial score (nSPS) is 11.3. The van der Waals surface area contributed by atoms with E-state index >= 15 is 0 Å². The van der Waals surface area contributed by atoms with Crippen LogP contribution in [0.15, 0.2) is 48.5 Å². The standard InChI is InChI=1S/C20H25NO2/c1-20(2,3)18-11-9-15(10-12-18)19(22)21-13-16-7-5-6-8-17(16)14-23-4/h5-12H,13-14H2,1-4H3,(H,21,22). The molecule has 2 aromatic rings. The number of rotatable bonds is 5. The van der Waals surface area contributed by atoms with E-state index in [0.29, 0.717) is 18.7 Å². The van der Waals surface area contributed by atoms with Gasteiger partial charge in [-0.1, -0.05) is 57.2 Å². The van der Waals surface area contributed by atoms with Crippen LogP contribution in [0.3, 0.4) is 0 Å². The highest BCUT2D eigenvalue weighted by molar-refractivity contribution is 5.94. The van der Waals surface area contributed by atoms with Gasteiger partial charge >= 0.3 is 0 Å². The molecule has 2 rings (SSSR count). The molecule has 0 atom stereocenters. The topological polar surface area (TPSA) is 38.3 Å². The van der Waals surface area contributed by atoms with E-state index in [9.17, 15) is 4.79 Å². The molecule has 0 unspecified atom stereocenters. The average Bonchev–Trinajstić information content (AvgIpc) is 2.53. The number of hydrogen-bond donors (Lipinski definition) is 1. The van der Waals surface area contributed by atoms with Gasteiger partial charge in [0.2, 0.25) is 0 Å². The van der Waals surface area contributed by atoms with Crippen LogP contribution in [0.5, 0.6) is 0 Å². The molecule has 122 valence electrons. The van der Waals surface area contributed by atoms with Crippen LogP contribution in [-0.2, 0) is 23.3 Å². The Morgan fingerprint density at radius 1 is 1.00 bits per heavy atom. The molecule has 1 amide bonds. The summed E-state index contributed by atoms with van der Waals surface area (Å²) in [6.45, 7) is 7.53. The fourth-order valence-electron chi connectivity index (χ4n) is 2.43. The summed E-state index contributed by atoms with van der Waals surface area (Å²) < 4.78 is 5.19. The van der Waals surface area contributed by atoms with Gasteiger partial charge in [-0.15, -0.1) is 0 Å². The van der Waals surface area contributed by atoms with Gasteiger partial charge in [0.1, 0.15) is 0 Å². The van der Waals surface area contributed by atoms with Crippen LogP contribution < -0.4 is 5.32 Å². The third-order valence-electron chi connectivity index (χ3n) is 3.87. The highest BCUT2D eigenvalue weighted by atomic mass is 16.5. The predicted octanol–water partition coefficient (Wildman–Crippen LogP) is 4.06. The van der Waals surface area contributed by atoms with Crippen molar-refractivity contribution in [1.82, 2.24) is 5.32 Å². The second kappa shape index (κ2) is 7.42. The van der Waals surface area contributed by atoms with Crippen LogP contribution in [-0.4, -0.2) is 13.0 Å². The minimum atomic E-state index is -0.0577. The summed E-state index contributed by atoms with van der Waals surface area (Å²) >= 11 is 0. The number of ether oxygens (including phenoxy) is 1. The molecule has 3 nitrogen and oxygen atoms in total. The quantitative estimate of drug-likeness (QED) is 0.904. The van der Waals surface area contributed by atoms with E-state index in [-0.39, 0.29) is 11.3 Å². The Bertz CT molecular complexity index is 654. The van der Waals surface area contributed by atoms with Gasteiger partial charge in [0, 0.05) is 19.2 Å². The lowest BCUT2D eigenvalue weighted by molar-refractivity contribution is 0.0950. The number of carbonyl (C=O) groups is 1. The van der Waals surface area contributed by atoms with Crippen molar-refractivity contribution in [2.75, 3.05) is 7.11 Å². The molecule has 23 heavy (non-hydrogen) atoms. The maximum absolute atomic E-state index is 12.3. The van der Waals surface area contributed by atoms with Crippen LogP contribution in [0.25, 0.3) is 0 Å². The molecule has 0 heterocycles. The Kier molecular flexibility index (Phi) is 5.56. The van der Waals surface area contributed by atoms with Crippen LogP contribution in [0, 0.1) is 0 Å². The maximum atomic E-state index is 12.3. The van der Waals surface area contributed by atoms with Crippen LogP contribution in [0.1, 0.15) is 47.8 Å². The SMILES string of the molecule is COCc1ccccc1CNC(=O)c1ccc(C(C)(C)C)cc1. The van der Waals surface area contributed by atoms with E-state index < -0.39 is 0 Å². The summed E-state index contributed by atoms with van der Waals surface area (Å²) in [5.74, 6) is -0.0577. The van der Waals surface area contributed by atoms with E-state index in [4.69, 9.17) is 4.74 Å². The number of carbonyl (C=O) groups excluding carboxylic acids is 1. The molecule has 0 aliphatic heterocycles. The van der Waals surface area contributed by atoms with Crippen molar-refractivity contribution in [2.24, 2.45) is 0 Å². The molecule has 0 saturated carbocycles. The summed E-state index contributed by atoms with van der Waals surface area (Å²) in [7, 11) is 1.67. The van der Waals surface area contributed by atoms with Crippen molar-refractivity contribution in [3.05, 3.63) is 70.8 Å². The maximum Gasteiger partial charge on any atom is 0.251 e. The second-order valence-electron chi connectivity index (χ2n) is 6.71. The Morgan fingerprint density at radius 3 is 2.17 bits per heavy atom. The number of amides is 1. The van der Waals surface area contributed by atoms with Crippen molar-refractivity contribution in [3.8, 4) is 0 Å². The van der Waals surface area contributed by atoms with Crippen molar-refractivity contribution in [1.29, 1.82) is 0 Å². The number of methoxy groups -OCH3 is 1. The van der Waals surface area contributed by atoms with Gasteiger partial charge in [0.15, 0.2) is 0 Å². The zero-order chi connectivity index (χ0) is 16.9. The lowest BCUT2D eigenvalue weighted by atomic mass is 9.87. The van der Waals surface area contributed by atoms with Gasteiger partial charge in [0.05, 0.1) is 6.61 Å². The molecule has 0 bridgehead atoms. The van der Waals surface area contributed by atoms with Gasteiger partial charge in [-0.3, -0.25) is 4.79 Å².